The van der Waals surface area contributed by atoms with E-state index in [1.165, 1.54) is 18.0 Å². The first-order chi connectivity index (χ1) is 15.9. The lowest BCUT2D eigenvalue weighted by Crippen LogP contribution is -2.41. The molecule has 1 aliphatic rings. The normalized spacial score (nSPS) is 13.4. The minimum atomic E-state index is -3.74. The summed E-state index contributed by atoms with van der Waals surface area (Å²) in [5.74, 6) is 0.824. The van der Waals surface area contributed by atoms with Gasteiger partial charge in [-0.15, -0.1) is 11.3 Å². The molecule has 0 unspecified atom stereocenters. The molecule has 3 aromatic rings. The topological polar surface area (TPSA) is 76.2 Å². The molecule has 2 aromatic carbocycles. The van der Waals surface area contributed by atoms with E-state index < -0.39 is 10.0 Å². The molecule has 7 nitrogen and oxygen atoms in total. The van der Waals surface area contributed by atoms with Crippen LogP contribution in [0.1, 0.15) is 5.56 Å². The number of hydrogen-bond acceptors (Lipinski definition) is 6. The fourth-order valence-electron chi connectivity index (χ4n) is 3.33. The van der Waals surface area contributed by atoms with Crippen molar-refractivity contribution < 1.29 is 22.7 Å². The Kier molecular flexibility index (Phi) is 7.12. The maximum absolute atomic E-state index is 13.3. The van der Waals surface area contributed by atoms with E-state index >= 15 is 0 Å². The van der Waals surface area contributed by atoms with Gasteiger partial charge in [0.25, 0.3) is 10.0 Å². The number of fused-ring (bicyclic) bond motifs is 1. The van der Waals surface area contributed by atoms with Crippen molar-refractivity contribution in [2.24, 2.45) is 0 Å². The molecule has 0 N–H and O–H groups in total. The average molecular weight is 485 g/mol. The van der Waals surface area contributed by atoms with Gasteiger partial charge in [0.1, 0.15) is 17.4 Å². The van der Waals surface area contributed by atoms with Crippen LogP contribution in [0.3, 0.4) is 0 Å². The number of sulfonamides is 1. The van der Waals surface area contributed by atoms with E-state index in [9.17, 15) is 13.2 Å². The number of hydrogen-bond donors (Lipinski definition) is 0. The van der Waals surface area contributed by atoms with Gasteiger partial charge in [0.05, 0.1) is 6.54 Å². The van der Waals surface area contributed by atoms with Crippen molar-refractivity contribution >= 4 is 39.0 Å². The summed E-state index contributed by atoms with van der Waals surface area (Å²) in [7, 11) is -2.33. The Morgan fingerprint density at radius 3 is 2.52 bits per heavy atom. The molecule has 0 radical (unpaired) electrons. The van der Waals surface area contributed by atoms with Gasteiger partial charge in [-0.1, -0.05) is 48.6 Å². The van der Waals surface area contributed by atoms with Gasteiger partial charge in [0, 0.05) is 25.3 Å². The number of carbonyl (C=O) groups excluding carboxylic acids is 1. The van der Waals surface area contributed by atoms with Crippen LogP contribution in [0, 0.1) is 0 Å². The first kappa shape index (κ1) is 23.0. The summed E-state index contributed by atoms with van der Waals surface area (Å²) in [6.45, 7) is 0.869. The standard InChI is InChI=1S/C24H24N2O5S2/c1-25(33(28,29)24-10-6-16-32-24)18-23(27)26(13-5-9-19-7-3-2-4-8-19)20-11-12-21-22(17-20)31-15-14-30-21/h2-12,16-17H,13-15,18H2,1H3/b9-5+. The molecule has 9 heteroatoms. The van der Waals surface area contributed by atoms with Crippen molar-refractivity contribution in [3.63, 3.8) is 0 Å². The van der Waals surface area contributed by atoms with E-state index in [2.05, 4.69) is 0 Å². The van der Waals surface area contributed by atoms with E-state index in [4.69, 9.17) is 9.47 Å². The highest BCUT2D eigenvalue weighted by molar-refractivity contribution is 7.91. The molecule has 1 aromatic heterocycles. The fraction of sp³-hybridized carbons (Fsp3) is 0.208. The zero-order valence-corrected chi connectivity index (χ0v) is 19.7. The number of thiophene rings is 1. The molecule has 33 heavy (non-hydrogen) atoms. The number of nitrogens with zero attached hydrogens (tertiary/aromatic N) is 2. The first-order valence-electron chi connectivity index (χ1n) is 10.4. The summed E-state index contributed by atoms with van der Waals surface area (Å²) in [5, 5.41) is 1.69. The number of likely N-dealkylation sites (N-methyl/N-ethyl adjacent to an activating group) is 1. The molecule has 1 aliphatic heterocycles. The molecule has 0 atom stereocenters. The zero-order chi connectivity index (χ0) is 23.3. The van der Waals surface area contributed by atoms with Crippen LogP contribution in [-0.2, 0) is 14.8 Å². The van der Waals surface area contributed by atoms with Gasteiger partial charge in [-0.3, -0.25) is 4.79 Å². The molecular weight excluding hydrogens is 460 g/mol. The van der Waals surface area contributed by atoms with Crippen LogP contribution in [0.4, 0.5) is 5.69 Å². The van der Waals surface area contributed by atoms with Crippen LogP contribution in [-0.4, -0.2) is 52.0 Å². The van der Waals surface area contributed by atoms with Crippen molar-refractivity contribution in [3.05, 3.63) is 77.7 Å². The third-order valence-electron chi connectivity index (χ3n) is 5.05. The van der Waals surface area contributed by atoms with Crippen LogP contribution < -0.4 is 14.4 Å². The molecule has 172 valence electrons. The van der Waals surface area contributed by atoms with Gasteiger partial charge >= 0.3 is 0 Å². The van der Waals surface area contributed by atoms with Gasteiger partial charge in [-0.25, -0.2) is 8.42 Å². The highest BCUT2D eigenvalue weighted by Gasteiger charge is 2.27. The Hall–Kier alpha value is -3.14. The number of carbonyl (C=O) groups is 1. The quantitative estimate of drug-likeness (QED) is 0.485. The molecular formula is C24H24N2O5S2. The van der Waals surface area contributed by atoms with Crippen molar-refractivity contribution in [2.75, 3.05) is 38.3 Å². The smallest absolute Gasteiger partial charge is 0.252 e. The SMILES string of the molecule is CN(CC(=O)N(C/C=C/c1ccccc1)c1ccc2c(c1)OCCO2)S(=O)(=O)c1cccs1. The molecule has 0 saturated carbocycles. The van der Waals surface area contributed by atoms with Gasteiger partial charge in [0.2, 0.25) is 5.91 Å². The second-order valence-electron chi connectivity index (χ2n) is 7.34. The Morgan fingerprint density at radius 2 is 1.79 bits per heavy atom. The third kappa shape index (κ3) is 5.44. The highest BCUT2D eigenvalue weighted by Crippen LogP contribution is 2.34. The number of rotatable bonds is 8. The van der Waals surface area contributed by atoms with Crippen LogP contribution in [0.5, 0.6) is 11.5 Å². The molecule has 0 fully saturated rings. The lowest BCUT2D eigenvalue weighted by molar-refractivity contribution is -0.118. The average Bonchev–Trinajstić information content (AvgIpc) is 3.38. The second kappa shape index (κ2) is 10.2. The van der Waals surface area contributed by atoms with E-state index in [0.29, 0.717) is 30.4 Å². The zero-order valence-electron chi connectivity index (χ0n) is 18.1. The van der Waals surface area contributed by atoms with Gasteiger partial charge in [-0.05, 0) is 29.1 Å². The maximum Gasteiger partial charge on any atom is 0.252 e. The largest absolute Gasteiger partial charge is 0.486 e. The number of benzene rings is 2. The van der Waals surface area contributed by atoms with Crippen molar-refractivity contribution in [1.82, 2.24) is 4.31 Å². The number of anilines is 1. The minimum absolute atomic E-state index is 0.202. The Bertz CT molecular complexity index is 1230. The Labute approximate surface area is 197 Å². The van der Waals surface area contributed by atoms with E-state index in [-0.39, 0.29) is 23.2 Å². The molecule has 0 saturated heterocycles. The maximum atomic E-state index is 13.3. The summed E-state index contributed by atoms with van der Waals surface area (Å²) < 4.78 is 38.1. The van der Waals surface area contributed by atoms with Crippen LogP contribution in [0.25, 0.3) is 6.08 Å². The van der Waals surface area contributed by atoms with E-state index in [1.807, 2.05) is 42.5 Å². The summed E-state index contributed by atoms with van der Waals surface area (Å²) in [4.78, 5) is 14.8. The molecule has 0 spiro atoms. The Morgan fingerprint density at radius 1 is 1.03 bits per heavy atom. The molecule has 0 bridgehead atoms. The lowest BCUT2D eigenvalue weighted by atomic mass is 10.2. The summed E-state index contributed by atoms with van der Waals surface area (Å²) in [5.41, 5.74) is 1.60. The predicted octanol–water partition coefficient (Wildman–Crippen LogP) is 3.89. The lowest BCUT2D eigenvalue weighted by Gasteiger charge is -2.26. The van der Waals surface area contributed by atoms with Crippen LogP contribution >= 0.6 is 11.3 Å². The molecule has 2 heterocycles. The third-order valence-corrected chi connectivity index (χ3v) is 8.23. The first-order valence-corrected chi connectivity index (χ1v) is 12.7. The highest BCUT2D eigenvalue weighted by atomic mass is 32.2. The van der Waals surface area contributed by atoms with Crippen molar-refractivity contribution in [3.8, 4) is 11.5 Å². The monoisotopic (exact) mass is 484 g/mol. The van der Waals surface area contributed by atoms with Gasteiger partial charge in [-0.2, -0.15) is 4.31 Å². The van der Waals surface area contributed by atoms with Gasteiger partial charge in [0.15, 0.2) is 11.5 Å². The molecule has 4 rings (SSSR count). The predicted molar refractivity (Wildman–Crippen MR) is 129 cm³/mol. The number of amides is 1. The molecule has 1 amide bonds. The fourth-order valence-corrected chi connectivity index (χ4v) is 5.66. The van der Waals surface area contributed by atoms with Crippen LogP contribution in [0.2, 0.25) is 0 Å². The summed E-state index contributed by atoms with van der Waals surface area (Å²) in [6, 6.07) is 18.2. The van der Waals surface area contributed by atoms with Crippen molar-refractivity contribution in [1.29, 1.82) is 0 Å². The van der Waals surface area contributed by atoms with Gasteiger partial charge < -0.3 is 14.4 Å². The second-order valence-corrected chi connectivity index (χ2v) is 10.6. The van der Waals surface area contributed by atoms with Crippen molar-refractivity contribution in [2.45, 2.75) is 4.21 Å². The minimum Gasteiger partial charge on any atom is -0.486 e. The van der Waals surface area contributed by atoms with E-state index in [1.54, 1.807) is 29.6 Å². The Balaban J connectivity index is 1.57. The molecule has 0 aliphatic carbocycles. The van der Waals surface area contributed by atoms with Crippen LogP contribution in [0.15, 0.2) is 76.3 Å². The van der Waals surface area contributed by atoms with E-state index in [0.717, 1.165) is 21.2 Å². The summed E-state index contributed by atoms with van der Waals surface area (Å²) in [6.07, 6.45) is 3.79. The summed E-state index contributed by atoms with van der Waals surface area (Å²) >= 11 is 1.12. The number of ether oxygens (including phenoxy) is 2.